The summed E-state index contributed by atoms with van der Waals surface area (Å²) in [6.07, 6.45) is 4.15. The molecule has 2 rings (SSSR count). The molecule has 2 atom stereocenters. The van der Waals surface area contributed by atoms with Crippen LogP contribution in [0.3, 0.4) is 0 Å². The van der Waals surface area contributed by atoms with Crippen LogP contribution in [0, 0.1) is 17.7 Å². The second kappa shape index (κ2) is 6.66. The Morgan fingerprint density at radius 1 is 1.32 bits per heavy atom. The maximum Gasteiger partial charge on any atom is 0.223 e. The van der Waals surface area contributed by atoms with Gasteiger partial charge in [0.1, 0.15) is 5.82 Å². The fourth-order valence-corrected chi connectivity index (χ4v) is 2.79. The standard InChI is InChI=1S/C15H21FN2O/c16-14-8-4-2-6-12(14)10-18-15(19)13-7-3-1-5-11(13)9-17/h2,4,6,8,11,13H,1,3,5,7,9-10,17H2,(H,18,19). The quantitative estimate of drug-likeness (QED) is 0.876. The van der Waals surface area contributed by atoms with Crippen molar-refractivity contribution in [3.63, 3.8) is 0 Å². The van der Waals surface area contributed by atoms with Gasteiger partial charge in [-0.15, -0.1) is 0 Å². The Bertz CT molecular complexity index is 436. The van der Waals surface area contributed by atoms with Crippen molar-refractivity contribution in [2.45, 2.75) is 32.2 Å². The Morgan fingerprint density at radius 2 is 2.05 bits per heavy atom. The zero-order valence-corrected chi connectivity index (χ0v) is 11.1. The normalized spacial score (nSPS) is 23.1. The molecule has 1 aliphatic carbocycles. The lowest BCUT2D eigenvalue weighted by Gasteiger charge is -2.29. The number of benzene rings is 1. The molecule has 3 N–H and O–H groups in total. The Balaban J connectivity index is 1.92. The average Bonchev–Trinajstić information content (AvgIpc) is 2.46. The molecule has 19 heavy (non-hydrogen) atoms. The summed E-state index contributed by atoms with van der Waals surface area (Å²) < 4.78 is 13.5. The van der Waals surface area contributed by atoms with Gasteiger partial charge in [0.2, 0.25) is 5.91 Å². The Morgan fingerprint density at radius 3 is 2.79 bits per heavy atom. The van der Waals surface area contributed by atoms with E-state index in [2.05, 4.69) is 5.32 Å². The molecule has 0 bridgehead atoms. The van der Waals surface area contributed by atoms with Gasteiger partial charge in [0, 0.05) is 18.0 Å². The number of hydrogen-bond donors (Lipinski definition) is 2. The Labute approximate surface area is 113 Å². The summed E-state index contributed by atoms with van der Waals surface area (Å²) in [7, 11) is 0. The first-order valence-electron chi connectivity index (χ1n) is 6.93. The molecular weight excluding hydrogens is 243 g/mol. The van der Waals surface area contributed by atoms with E-state index in [0.29, 0.717) is 12.1 Å². The SMILES string of the molecule is NCC1CCCCC1C(=O)NCc1ccccc1F. The first-order chi connectivity index (χ1) is 9.22. The number of amides is 1. The van der Waals surface area contributed by atoms with Gasteiger partial charge in [0.15, 0.2) is 0 Å². The van der Waals surface area contributed by atoms with E-state index in [-0.39, 0.29) is 30.1 Å². The van der Waals surface area contributed by atoms with E-state index in [0.717, 1.165) is 25.7 Å². The number of rotatable bonds is 4. The van der Waals surface area contributed by atoms with Crippen molar-refractivity contribution in [3.8, 4) is 0 Å². The summed E-state index contributed by atoms with van der Waals surface area (Å²) in [6.45, 7) is 0.803. The molecule has 0 spiro atoms. The molecule has 0 saturated heterocycles. The fourth-order valence-electron chi connectivity index (χ4n) is 2.79. The van der Waals surface area contributed by atoms with E-state index in [4.69, 9.17) is 5.73 Å². The highest BCUT2D eigenvalue weighted by molar-refractivity contribution is 5.79. The van der Waals surface area contributed by atoms with Gasteiger partial charge in [0.05, 0.1) is 0 Å². The van der Waals surface area contributed by atoms with Crippen molar-refractivity contribution < 1.29 is 9.18 Å². The first kappa shape index (κ1) is 14.0. The summed E-state index contributed by atoms with van der Waals surface area (Å²) in [5.41, 5.74) is 6.25. The third kappa shape index (κ3) is 3.53. The molecule has 0 aliphatic heterocycles. The van der Waals surface area contributed by atoms with Gasteiger partial charge in [-0.1, -0.05) is 31.0 Å². The lowest BCUT2D eigenvalue weighted by molar-refractivity contribution is -0.127. The predicted molar refractivity (Wildman–Crippen MR) is 72.7 cm³/mol. The van der Waals surface area contributed by atoms with E-state index in [1.54, 1.807) is 18.2 Å². The summed E-state index contributed by atoms with van der Waals surface area (Å²) in [5, 5.41) is 2.84. The predicted octanol–water partition coefficient (Wildman–Crippen LogP) is 2.21. The summed E-state index contributed by atoms with van der Waals surface area (Å²) >= 11 is 0. The summed E-state index contributed by atoms with van der Waals surface area (Å²) in [4.78, 5) is 12.2. The fraction of sp³-hybridized carbons (Fsp3) is 0.533. The molecule has 0 radical (unpaired) electrons. The van der Waals surface area contributed by atoms with Gasteiger partial charge in [-0.2, -0.15) is 0 Å². The van der Waals surface area contributed by atoms with Gasteiger partial charge in [0.25, 0.3) is 0 Å². The molecule has 4 heteroatoms. The van der Waals surface area contributed by atoms with Crippen LogP contribution in [-0.4, -0.2) is 12.5 Å². The molecule has 0 aromatic heterocycles. The van der Waals surface area contributed by atoms with E-state index in [1.165, 1.54) is 6.07 Å². The van der Waals surface area contributed by atoms with Gasteiger partial charge in [-0.3, -0.25) is 4.79 Å². The highest BCUT2D eigenvalue weighted by Gasteiger charge is 2.29. The number of halogens is 1. The van der Waals surface area contributed by atoms with Crippen LogP contribution in [0.5, 0.6) is 0 Å². The lowest BCUT2D eigenvalue weighted by atomic mass is 9.79. The largest absolute Gasteiger partial charge is 0.352 e. The Kier molecular flexibility index (Phi) is 4.91. The van der Waals surface area contributed by atoms with E-state index < -0.39 is 0 Å². The van der Waals surface area contributed by atoms with E-state index in [1.807, 2.05) is 0 Å². The minimum Gasteiger partial charge on any atom is -0.352 e. The second-order valence-electron chi connectivity index (χ2n) is 5.20. The topological polar surface area (TPSA) is 55.1 Å². The summed E-state index contributed by atoms with van der Waals surface area (Å²) in [6, 6.07) is 6.52. The number of carbonyl (C=O) groups excluding carboxylic acids is 1. The molecule has 3 nitrogen and oxygen atoms in total. The molecule has 104 valence electrons. The number of hydrogen-bond acceptors (Lipinski definition) is 2. The maximum atomic E-state index is 13.5. The zero-order valence-electron chi connectivity index (χ0n) is 11.1. The molecule has 1 aromatic carbocycles. The van der Waals surface area contributed by atoms with Crippen LogP contribution in [0.2, 0.25) is 0 Å². The highest BCUT2D eigenvalue weighted by atomic mass is 19.1. The van der Waals surface area contributed by atoms with Crippen LogP contribution in [-0.2, 0) is 11.3 Å². The number of carbonyl (C=O) groups is 1. The van der Waals surface area contributed by atoms with Crippen LogP contribution in [0.1, 0.15) is 31.2 Å². The van der Waals surface area contributed by atoms with E-state index >= 15 is 0 Å². The molecule has 1 amide bonds. The first-order valence-corrected chi connectivity index (χ1v) is 6.93. The van der Waals surface area contributed by atoms with Crippen molar-refractivity contribution in [2.75, 3.05) is 6.54 Å². The zero-order chi connectivity index (χ0) is 13.7. The van der Waals surface area contributed by atoms with Crippen LogP contribution < -0.4 is 11.1 Å². The second-order valence-corrected chi connectivity index (χ2v) is 5.20. The van der Waals surface area contributed by atoms with Crippen molar-refractivity contribution in [3.05, 3.63) is 35.6 Å². The molecule has 2 unspecified atom stereocenters. The van der Waals surface area contributed by atoms with Crippen molar-refractivity contribution in [2.24, 2.45) is 17.6 Å². The molecular formula is C15H21FN2O. The Hall–Kier alpha value is -1.42. The maximum absolute atomic E-state index is 13.5. The molecule has 1 aromatic rings. The monoisotopic (exact) mass is 264 g/mol. The molecule has 1 fully saturated rings. The van der Waals surface area contributed by atoms with Crippen LogP contribution >= 0.6 is 0 Å². The summed E-state index contributed by atoms with van der Waals surface area (Å²) in [5.74, 6) is 0.000107. The number of nitrogens with one attached hydrogen (secondary N) is 1. The third-order valence-corrected chi connectivity index (χ3v) is 3.96. The minimum atomic E-state index is -0.276. The van der Waals surface area contributed by atoms with Crippen molar-refractivity contribution >= 4 is 5.91 Å². The van der Waals surface area contributed by atoms with Gasteiger partial charge < -0.3 is 11.1 Å². The van der Waals surface area contributed by atoms with Gasteiger partial charge in [-0.25, -0.2) is 4.39 Å². The third-order valence-electron chi connectivity index (χ3n) is 3.96. The van der Waals surface area contributed by atoms with Crippen LogP contribution in [0.25, 0.3) is 0 Å². The number of nitrogens with two attached hydrogens (primary N) is 1. The van der Waals surface area contributed by atoms with Crippen molar-refractivity contribution in [1.82, 2.24) is 5.32 Å². The van der Waals surface area contributed by atoms with Gasteiger partial charge >= 0.3 is 0 Å². The molecule has 0 heterocycles. The van der Waals surface area contributed by atoms with Crippen LogP contribution in [0.15, 0.2) is 24.3 Å². The average molecular weight is 264 g/mol. The highest BCUT2D eigenvalue weighted by Crippen LogP contribution is 2.29. The lowest BCUT2D eigenvalue weighted by Crippen LogP contribution is -2.39. The molecule has 1 saturated carbocycles. The van der Waals surface area contributed by atoms with Crippen molar-refractivity contribution in [1.29, 1.82) is 0 Å². The minimum absolute atomic E-state index is 0.00877. The molecule has 1 aliphatic rings. The van der Waals surface area contributed by atoms with Gasteiger partial charge in [-0.05, 0) is 31.4 Å². The van der Waals surface area contributed by atoms with E-state index in [9.17, 15) is 9.18 Å². The smallest absolute Gasteiger partial charge is 0.223 e. The van der Waals surface area contributed by atoms with Crippen LogP contribution in [0.4, 0.5) is 4.39 Å².